The SMILES string of the molecule is CCOS(=O)(=O)OCC.CCn1c(C(F)(F)F)[n+](C)c2ccccc21.COS(=O)(=O)[O-].Cn1c(C(F)(F)F)nc2ccccc21. The number of nitrogens with zero attached hydrogens (tertiary/aromatic N) is 4. The third-order valence-corrected chi connectivity index (χ3v) is 6.90. The number of alkyl halides is 6. The van der Waals surface area contributed by atoms with Crippen molar-refractivity contribution in [2.75, 3.05) is 20.3 Å². The fraction of sp³-hybridized carbons (Fsp3) is 0.440. The molecule has 0 aliphatic carbocycles. The Labute approximate surface area is 256 Å². The summed E-state index contributed by atoms with van der Waals surface area (Å²) in [6.07, 6.45) is -8.72. The first-order chi connectivity index (χ1) is 20.6. The van der Waals surface area contributed by atoms with E-state index in [1.165, 1.54) is 23.2 Å². The molecule has 0 unspecified atom stereocenters. The van der Waals surface area contributed by atoms with E-state index in [0.29, 0.717) is 28.6 Å². The van der Waals surface area contributed by atoms with E-state index in [9.17, 15) is 47.7 Å². The zero-order chi connectivity index (χ0) is 34.8. The van der Waals surface area contributed by atoms with Crippen LogP contribution in [0.5, 0.6) is 0 Å². The quantitative estimate of drug-likeness (QED) is 0.123. The van der Waals surface area contributed by atoms with Gasteiger partial charge in [0, 0.05) is 7.05 Å². The van der Waals surface area contributed by atoms with Gasteiger partial charge in [0.1, 0.15) is 0 Å². The number of halogens is 6. The summed E-state index contributed by atoms with van der Waals surface area (Å²) in [5.41, 5.74) is 2.05. The molecule has 2 heterocycles. The van der Waals surface area contributed by atoms with Crippen LogP contribution in [-0.4, -0.2) is 55.8 Å². The standard InChI is InChI=1S/C11H12F3N2.C9H7F3N2.C4H10O4S.CH4O4S/c1-3-16-9-7-5-4-6-8(9)15(2)10(16)11(12,13)14;1-14-7-5-3-2-4-6(7)13-8(14)9(10,11)12;1-3-7-9(5,6)8-4-2;1-5-6(2,3)4/h4-7H,3H2,1-2H3;2-5H,1H3;3-4H2,1-2H3;1H3,(H,2,3,4)/q+1;;;/p-1. The molecule has 254 valence electrons. The zero-order valence-electron chi connectivity index (χ0n) is 24.9. The lowest BCUT2D eigenvalue weighted by Crippen LogP contribution is -2.38. The molecule has 0 radical (unpaired) electrons. The summed E-state index contributed by atoms with van der Waals surface area (Å²) in [5.74, 6) is -1.48. The minimum Gasteiger partial charge on any atom is -0.726 e. The van der Waals surface area contributed by atoms with Crippen LogP contribution >= 0.6 is 0 Å². The van der Waals surface area contributed by atoms with Gasteiger partial charge in [-0.2, -0.15) is 34.8 Å². The van der Waals surface area contributed by atoms with Crippen molar-refractivity contribution < 1.29 is 64.8 Å². The van der Waals surface area contributed by atoms with Gasteiger partial charge in [0.05, 0.1) is 44.9 Å². The van der Waals surface area contributed by atoms with Crippen molar-refractivity contribution in [1.29, 1.82) is 0 Å². The number of imidazole rings is 2. The van der Waals surface area contributed by atoms with E-state index < -0.39 is 44.8 Å². The van der Waals surface area contributed by atoms with Gasteiger partial charge in [0.15, 0.2) is 11.0 Å². The number of para-hydroxylation sites is 4. The molecular formula is C25H32F6N4O8S2. The highest BCUT2D eigenvalue weighted by Gasteiger charge is 2.45. The Kier molecular flexibility index (Phi) is 14.4. The summed E-state index contributed by atoms with van der Waals surface area (Å²) >= 11 is 0. The first-order valence-corrected chi connectivity index (χ1v) is 15.4. The molecular weight excluding hydrogens is 662 g/mol. The van der Waals surface area contributed by atoms with Crippen LogP contribution < -0.4 is 4.57 Å². The van der Waals surface area contributed by atoms with E-state index in [1.807, 2.05) is 0 Å². The van der Waals surface area contributed by atoms with E-state index in [4.69, 9.17) is 0 Å². The molecule has 0 aliphatic rings. The zero-order valence-corrected chi connectivity index (χ0v) is 26.5. The van der Waals surface area contributed by atoms with Crippen molar-refractivity contribution >= 4 is 42.9 Å². The average Bonchev–Trinajstić information content (AvgIpc) is 3.43. The van der Waals surface area contributed by atoms with Crippen LogP contribution in [-0.2, 0) is 66.3 Å². The summed E-state index contributed by atoms with van der Waals surface area (Å²) in [4.78, 5) is 3.52. The second-order valence-corrected chi connectivity index (χ2v) is 10.8. The molecule has 0 amide bonds. The molecule has 0 N–H and O–H groups in total. The maximum atomic E-state index is 12.9. The number of fused-ring (bicyclic) bond motifs is 2. The molecule has 2 aromatic heterocycles. The van der Waals surface area contributed by atoms with Gasteiger partial charge in [-0.1, -0.05) is 24.3 Å². The Morgan fingerprint density at radius 2 is 1.31 bits per heavy atom. The summed E-state index contributed by atoms with van der Waals surface area (Å²) in [6.45, 7) is 5.40. The second kappa shape index (κ2) is 16.3. The number of rotatable bonds is 6. The monoisotopic (exact) mass is 694 g/mol. The molecule has 0 saturated carbocycles. The molecule has 0 spiro atoms. The smallest absolute Gasteiger partial charge is 0.495 e. The molecule has 0 aliphatic heterocycles. The molecule has 0 bridgehead atoms. The third-order valence-electron chi connectivity index (χ3n) is 5.45. The summed E-state index contributed by atoms with van der Waals surface area (Å²) in [7, 11) is -4.48. The maximum Gasteiger partial charge on any atom is 0.495 e. The second-order valence-electron chi connectivity index (χ2n) is 8.39. The predicted octanol–water partition coefficient (Wildman–Crippen LogP) is 4.49. The molecule has 0 saturated heterocycles. The molecule has 0 atom stereocenters. The van der Waals surface area contributed by atoms with E-state index in [1.54, 1.807) is 69.3 Å². The lowest BCUT2D eigenvalue weighted by Gasteiger charge is -2.05. The third kappa shape index (κ3) is 11.9. The van der Waals surface area contributed by atoms with Gasteiger partial charge in [-0.05, 0) is 45.0 Å². The molecule has 0 fully saturated rings. The van der Waals surface area contributed by atoms with E-state index in [2.05, 4.69) is 17.5 Å². The largest absolute Gasteiger partial charge is 0.726 e. The number of benzene rings is 2. The van der Waals surface area contributed by atoms with Gasteiger partial charge in [-0.25, -0.2) is 30.9 Å². The molecule has 2 aromatic carbocycles. The summed E-state index contributed by atoms with van der Waals surface area (Å²) in [5, 5.41) is 0. The van der Waals surface area contributed by atoms with Gasteiger partial charge < -0.3 is 9.12 Å². The van der Waals surface area contributed by atoms with E-state index in [0.717, 1.165) is 11.7 Å². The average molecular weight is 695 g/mol. The Morgan fingerprint density at radius 3 is 1.71 bits per heavy atom. The van der Waals surface area contributed by atoms with Crippen LogP contribution in [0.3, 0.4) is 0 Å². The van der Waals surface area contributed by atoms with Crippen LogP contribution in [0.2, 0.25) is 0 Å². The summed E-state index contributed by atoms with van der Waals surface area (Å²) < 4.78 is 140. The topological polar surface area (TPSA) is 146 Å². The Morgan fingerprint density at radius 1 is 0.844 bits per heavy atom. The van der Waals surface area contributed by atoms with Gasteiger partial charge in [-0.3, -0.25) is 4.18 Å². The minimum absolute atomic E-state index is 0.113. The molecule has 4 rings (SSSR count). The lowest BCUT2D eigenvalue weighted by atomic mass is 10.3. The van der Waals surface area contributed by atoms with Crippen LogP contribution in [0.15, 0.2) is 48.5 Å². The van der Waals surface area contributed by atoms with Crippen molar-refractivity contribution in [3.8, 4) is 0 Å². The highest BCUT2D eigenvalue weighted by atomic mass is 32.3. The predicted molar refractivity (Wildman–Crippen MR) is 148 cm³/mol. The first-order valence-electron chi connectivity index (χ1n) is 12.7. The van der Waals surface area contributed by atoms with Crippen molar-refractivity contribution in [3.05, 3.63) is 60.2 Å². The van der Waals surface area contributed by atoms with E-state index >= 15 is 0 Å². The molecule has 20 heteroatoms. The first kappa shape index (κ1) is 39.7. The fourth-order valence-corrected chi connectivity index (χ4v) is 4.42. The number of hydrogen-bond acceptors (Lipinski definition) is 9. The maximum absolute atomic E-state index is 12.9. The number of hydrogen-bond donors (Lipinski definition) is 0. The van der Waals surface area contributed by atoms with Crippen molar-refractivity contribution in [3.63, 3.8) is 0 Å². The van der Waals surface area contributed by atoms with Crippen molar-refractivity contribution in [2.24, 2.45) is 14.1 Å². The van der Waals surface area contributed by atoms with Crippen molar-refractivity contribution in [2.45, 2.75) is 39.7 Å². The van der Waals surface area contributed by atoms with Crippen LogP contribution in [0, 0.1) is 0 Å². The van der Waals surface area contributed by atoms with Gasteiger partial charge in [0.25, 0.3) is 0 Å². The minimum atomic E-state index is -4.41. The van der Waals surface area contributed by atoms with Crippen LogP contribution in [0.25, 0.3) is 22.1 Å². The highest BCUT2D eigenvalue weighted by molar-refractivity contribution is 7.81. The van der Waals surface area contributed by atoms with Gasteiger partial charge in [0.2, 0.25) is 16.2 Å². The Bertz CT molecular complexity index is 1740. The number of aromatic nitrogens is 4. The summed E-state index contributed by atoms with van der Waals surface area (Å²) in [6, 6.07) is 13.4. The molecule has 4 aromatic rings. The Balaban J connectivity index is 0.000000320. The normalized spacial score (nSPS) is 12.1. The molecule has 45 heavy (non-hydrogen) atoms. The van der Waals surface area contributed by atoms with E-state index in [-0.39, 0.29) is 13.2 Å². The lowest BCUT2D eigenvalue weighted by molar-refractivity contribution is -0.667. The highest BCUT2D eigenvalue weighted by Crippen LogP contribution is 2.31. The van der Waals surface area contributed by atoms with Crippen molar-refractivity contribution in [1.82, 2.24) is 14.1 Å². The number of aryl methyl sites for hydroxylation is 3. The van der Waals surface area contributed by atoms with Crippen LogP contribution in [0.4, 0.5) is 26.3 Å². The molecule has 12 nitrogen and oxygen atoms in total. The van der Waals surface area contributed by atoms with Gasteiger partial charge >= 0.3 is 28.6 Å². The fourth-order valence-electron chi connectivity index (χ4n) is 3.77. The van der Waals surface area contributed by atoms with Crippen LogP contribution in [0.1, 0.15) is 32.4 Å². The Hall–Kier alpha value is -3.30. The van der Waals surface area contributed by atoms with Gasteiger partial charge in [-0.15, -0.1) is 0 Å².